The molecule has 0 aliphatic carbocycles. The number of hydrogen-bond donors (Lipinski definition) is 1. The van der Waals surface area contributed by atoms with E-state index in [1.54, 1.807) is 12.1 Å². The minimum absolute atomic E-state index is 0.0588. The summed E-state index contributed by atoms with van der Waals surface area (Å²) in [6.07, 6.45) is 1.44. The zero-order chi connectivity index (χ0) is 17.2. The predicted molar refractivity (Wildman–Crippen MR) is 95.9 cm³/mol. The van der Waals surface area contributed by atoms with E-state index >= 15 is 0 Å². The predicted octanol–water partition coefficient (Wildman–Crippen LogP) is 3.07. The van der Waals surface area contributed by atoms with Gasteiger partial charge in [0.05, 0.1) is 3.79 Å². The van der Waals surface area contributed by atoms with Gasteiger partial charge in [0.15, 0.2) is 0 Å². The van der Waals surface area contributed by atoms with Crippen molar-refractivity contribution < 1.29 is 13.2 Å². The van der Waals surface area contributed by atoms with Gasteiger partial charge in [0.2, 0.25) is 5.91 Å². The van der Waals surface area contributed by atoms with Crippen molar-refractivity contribution in [1.29, 1.82) is 0 Å². The van der Waals surface area contributed by atoms with E-state index in [1.165, 1.54) is 15.6 Å². The molecule has 1 fully saturated rings. The monoisotopic (exact) mass is 422 g/mol. The van der Waals surface area contributed by atoms with Crippen LogP contribution < -0.4 is 5.32 Å². The molecule has 0 aromatic carbocycles. The number of sulfonamides is 1. The average Bonchev–Trinajstić information content (AvgIpc) is 2.93. The number of halogens is 1. The van der Waals surface area contributed by atoms with Gasteiger partial charge >= 0.3 is 0 Å². The van der Waals surface area contributed by atoms with E-state index in [4.69, 9.17) is 0 Å². The second-order valence-electron chi connectivity index (χ2n) is 6.25. The normalized spacial score (nSPS) is 19.0. The lowest BCUT2D eigenvalue weighted by atomic mass is 9.85. The van der Waals surface area contributed by atoms with Crippen molar-refractivity contribution >= 4 is 43.2 Å². The summed E-state index contributed by atoms with van der Waals surface area (Å²) in [5.41, 5.74) is 0. The van der Waals surface area contributed by atoms with Crippen LogP contribution in [0.1, 0.15) is 33.6 Å². The number of rotatable bonds is 5. The summed E-state index contributed by atoms with van der Waals surface area (Å²) in [7, 11) is -3.41. The Hall–Kier alpha value is -0.440. The van der Waals surface area contributed by atoms with Crippen LogP contribution in [0.2, 0.25) is 0 Å². The largest absolute Gasteiger partial charge is 0.354 e. The van der Waals surface area contributed by atoms with Crippen LogP contribution in [0.25, 0.3) is 0 Å². The Bertz CT molecular complexity index is 649. The number of carbonyl (C=O) groups is 1. The van der Waals surface area contributed by atoms with E-state index in [0.29, 0.717) is 17.3 Å². The van der Waals surface area contributed by atoms with E-state index in [9.17, 15) is 13.2 Å². The highest BCUT2D eigenvalue weighted by atomic mass is 79.9. The van der Waals surface area contributed by atoms with E-state index < -0.39 is 10.0 Å². The SMILES string of the molecule is CC(C)NC(=O)C(C)C1CCN(S(=O)(=O)c2ccc(Br)s2)CC1. The number of nitrogens with zero attached hydrogens (tertiary/aromatic N) is 1. The number of piperidine rings is 1. The number of amides is 1. The Kier molecular flexibility index (Phi) is 6.27. The maximum Gasteiger partial charge on any atom is 0.252 e. The molecule has 1 amide bonds. The van der Waals surface area contributed by atoms with Crippen LogP contribution >= 0.6 is 27.3 Å². The highest BCUT2D eigenvalue weighted by Crippen LogP contribution is 2.32. The van der Waals surface area contributed by atoms with Gasteiger partial charge in [-0.2, -0.15) is 4.31 Å². The molecule has 0 radical (unpaired) electrons. The van der Waals surface area contributed by atoms with Gasteiger partial charge in [-0.1, -0.05) is 6.92 Å². The topological polar surface area (TPSA) is 66.5 Å². The second kappa shape index (κ2) is 7.63. The smallest absolute Gasteiger partial charge is 0.252 e. The van der Waals surface area contributed by atoms with Crippen molar-refractivity contribution in [2.75, 3.05) is 13.1 Å². The summed E-state index contributed by atoms with van der Waals surface area (Å²) in [5, 5.41) is 2.94. The lowest BCUT2D eigenvalue weighted by Gasteiger charge is -2.33. The molecule has 2 rings (SSSR count). The fourth-order valence-corrected chi connectivity index (χ4v) is 6.44. The van der Waals surface area contributed by atoms with Crippen LogP contribution in [0.4, 0.5) is 0 Å². The van der Waals surface area contributed by atoms with Crippen molar-refractivity contribution in [3.8, 4) is 0 Å². The third-order valence-electron chi connectivity index (χ3n) is 4.19. The fraction of sp³-hybridized carbons (Fsp3) is 0.667. The third-order valence-corrected chi connectivity index (χ3v) is 8.18. The molecule has 5 nitrogen and oxygen atoms in total. The third kappa shape index (κ3) is 4.55. The highest BCUT2D eigenvalue weighted by Gasteiger charge is 2.34. The van der Waals surface area contributed by atoms with Gasteiger partial charge in [0, 0.05) is 25.0 Å². The number of hydrogen-bond acceptors (Lipinski definition) is 4. The average molecular weight is 423 g/mol. The van der Waals surface area contributed by atoms with Crippen molar-refractivity contribution in [1.82, 2.24) is 9.62 Å². The Labute approximate surface area is 150 Å². The van der Waals surface area contributed by atoms with Crippen molar-refractivity contribution in [3.63, 3.8) is 0 Å². The molecule has 1 aliphatic heterocycles. The molecule has 130 valence electrons. The molecule has 1 unspecified atom stereocenters. The van der Waals surface area contributed by atoms with Crippen LogP contribution in [0.15, 0.2) is 20.1 Å². The molecule has 2 heterocycles. The Balaban J connectivity index is 1.97. The summed E-state index contributed by atoms with van der Waals surface area (Å²) < 4.78 is 27.9. The number of nitrogens with one attached hydrogen (secondary N) is 1. The van der Waals surface area contributed by atoms with Crippen LogP contribution in [-0.4, -0.2) is 37.8 Å². The summed E-state index contributed by atoms with van der Waals surface area (Å²) >= 11 is 4.53. The van der Waals surface area contributed by atoms with Crippen molar-refractivity contribution in [2.24, 2.45) is 11.8 Å². The molecular weight excluding hydrogens is 400 g/mol. The zero-order valence-corrected chi connectivity index (χ0v) is 16.8. The van der Waals surface area contributed by atoms with Gasteiger partial charge in [-0.05, 0) is 60.7 Å². The zero-order valence-electron chi connectivity index (χ0n) is 13.6. The molecule has 23 heavy (non-hydrogen) atoms. The van der Waals surface area contributed by atoms with E-state index in [-0.39, 0.29) is 23.8 Å². The highest BCUT2D eigenvalue weighted by molar-refractivity contribution is 9.11. The van der Waals surface area contributed by atoms with Gasteiger partial charge in [0.25, 0.3) is 10.0 Å². The van der Waals surface area contributed by atoms with Gasteiger partial charge in [-0.15, -0.1) is 11.3 Å². The van der Waals surface area contributed by atoms with Crippen LogP contribution in [0.5, 0.6) is 0 Å². The summed E-state index contributed by atoms with van der Waals surface area (Å²) in [4.78, 5) is 12.1. The molecule has 1 atom stereocenters. The fourth-order valence-electron chi connectivity index (χ4n) is 2.81. The molecule has 1 N–H and O–H groups in total. The Morgan fingerprint density at radius 1 is 1.30 bits per heavy atom. The molecular formula is C15H23BrN2O3S2. The van der Waals surface area contributed by atoms with Gasteiger partial charge in [-0.3, -0.25) is 4.79 Å². The minimum Gasteiger partial charge on any atom is -0.354 e. The van der Waals surface area contributed by atoms with Crippen LogP contribution in [0.3, 0.4) is 0 Å². The summed E-state index contributed by atoms with van der Waals surface area (Å²) in [5.74, 6) is 0.205. The van der Waals surface area contributed by atoms with Gasteiger partial charge < -0.3 is 5.32 Å². The number of carbonyl (C=O) groups excluding carboxylic acids is 1. The summed E-state index contributed by atoms with van der Waals surface area (Å²) in [6, 6.07) is 3.51. The first-order chi connectivity index (χ1) is 10.7. The second-order valence-corrected chi connectivity index (χ2v) is 10.9. The Morgan fingerprint density at radius 3 is 2.39 bits per heavy atom. The molecule has 0 bridgehead atoms. The van der Waals surface area contributed by atoms with Crippen molar-refractivity contribution in [3.05, 3.63) is 15.9 Å². The first kappa shape index (κ1) is 18.9. The molecule has 1 aromatic heterocycles. The maximum absolute atomic E-state index is 12.6. The van der Waals surface area contributed by atoms with E-state index in [1.807, 2.05) is 20.8 Å². The standard InChI is InChI=1S/C15H23BrN2O3S2/c1-10(2)17-15(19)11(3)12-6-8-18(9-7-12)23(20,21)14-5-4-13(16)22-14/h4-5,10-12H,6-9H2,1-3H3,(H,17,19). The molecule has 8 heteroatoms. The first-order valence-corrected chi connectivity index (χ1v) is 10.8. The molecule has 0 spiro atoms. The van der Waals surface area contributed by atoms with Gasteiger partial charge in [-0.25, -0.2) is 8.42 Å². The Morgan fingerprint density at radius 2 is 1.91 bits per heavy atom. The summed E-state index contributed by atoms with van der Waals surface area (Å²) in [6.45, 7) is 6.77. The van der Waals surface area contributed by atoms with Crippen LogP contribution in [0, 0.1) is 11.8 Å². The molecule has 1 aromatic rings. The van der Waals surface area contributed by atoms with E-state index in [2.05, 4.69) is 21.2 Å². The molecule has 0 saturated carbocycles. The van der Waals surface area contributed by atoms with Crippen molar-refractivity contribution in [2.45, 2.75) is 43.9 Å². The number of thiophene rings is 1. The lowest BCUT2D eigenvalue weighted by Crippen LogP contribution is -2.43. The lowest BCUT2D eigenvalue weighted by molar-refractivity contribution is -0.127. The van der Waals surface area contributed by atoms with E-state index in [0.717, 1.165) is 16.6 Å². The molecule has 1 aliphatic rings. The molecule has 1 saturated heterocycles. The first-order valence-electron chi connectivity index (χ1n) is 7.77. The maximum atomic E-state index is 12.6. The minimum atomic E-state index is -3.41. The van der Waals surface area contributed by atoms with Gasteiger partial charge in [0.1, 0.15) is 4.21 Å². The quantitative estimate of drug-likeness (QED) is 0.792. The van der Waals surface area contributed by atoms with Crippen LogP contribution in [-0.2, 0) is 14.8 Å².